The molecule has 1 unspecified atom stereocenters. The summed E-state index contributed by atoms with van der Waals surface area (Å²) in [5, 5.41) is 4.05. The van der Waals surface area contributed by atoms with E-state index in [1.165, 1.54) is 0 Å². The molecule has 144 valence electrons. The van der Waals surface area contributed by atoms with Gasteiger partial charge in [0.15, 0.2) is 0 Å². The number of carbonyl (C=O) groups excluding carboxylic acids is 1. The first-order chi connectivity index (χ1) is 13.6. The van der Waals surface area contributed by atoms with Gasteiger partial charge in [0.05, 0.1) is 0 Å². The zero-order valence-corrected chi connectivity index (χ0v) is 16.3. The Morgan fingerprint density at radius 2 is 1.71 bits per heavy atom. The SMILES string of the molecule is NC(=O)C(CCc1cccnc1)(NCCc1ccncc1)c1ccc(Cl)cc1. The molecule has 1 atom stereocenters. The van der Waals surface area contributed by atoms with Crippen molar-refractivity contribution in [3.8, 4) is 0 Å². The number of hydrogen-bond donors (Lipinski definition) is 2. The van der Waals surface area contributed by atoms with Gasteiger partial charge < -0.3 is 5.73 Å². The van der Waals surface area contributed by atoms with Gasteiger partial charge in [-0.2, -0.15) is 0 Å². The Morgan fingerprint density at radius 1 is 0.964 bits per heavy atom. The van der Waals surface area contributed by atoms with Gasteiger partial charge in [-0.15, -0.1) is 0 Å². The molecule has 6 heteroatoms. The first kappa shape index (κ1) is 20.0. The second-order valence-electron chi connectivity index (χ2n) is 6.67. The lowest BCUT2D eigenvalue weighted by molar-refractivity contribution is -0.125. The molecule has 0 saturated heterocycles. The summed E-state index contributed by atoms with van der Waals surface area (Å²) in [4.78, 5) is 20.9. The third-order valence-corrected chi connectivity index (χ3v) is 5.11. The molecule has 0 fully saturated rings. The monoisotopic (exact) mass is 394 g/mol. The quantitative estimate of drug-likeness (QED) is 0.583. The number of carbonyl (C=O) groups is 1. The largest absolute Gasteiger partial charge is 0.368 e. The Bertz CT molecular complexity index is 887. The number of primary amides is 1. The zero-order chi connectivity index (χ0) is 19.8. The summed E-state index contributed by atoms with van der Waals surface area (Å²) in [6.07, 6.45) is 9.02. The lowest BCUT2D eigenvalue weighted by Gasteiger charge is -2.33. The van der Waals surface area contributed by atoms with Gasteiger partial charge in [-0.3, -0.25) is 20.1 Å². The number of aromatic nitrogens is 2. The number of halogens is 1. The van der Waals surface area contributed by atoms with Crippen LogP contribution in [0.1, 0.15) is 23.1 Å². The molecule has 3 rings (SSSR count). The van der Waals surface area contributed by atoms with Crippen molar-refractivity contribution in [3.05, 3.63) is 95.0 Å². The van der Waals surface area contributed by atoms with E-state index in [0.29, 0.717) is 24.4 Å². The number of nitrogens with two attached hydrogens (primary N) is 1. The third-order valence-electron chi connectivity index (χ3n) is 4.86. The molecule has 3 aromatic rings. The Morgan fingerprint density at radius 3 is 2.36 bits per heavy atom. The minimum atomic E-state index is -0.993. The van der Waals surface area contributed by atoms with Crippen molar-refractivity contribution < 1.29 is 4.79 Å². The summed E-state index contributed by atoms with van der Waals surface area (Å²) in [6.45, 7) is 0.600. The molecular weight excluding hydrogens is 372 g/mol. The molecule has 2 heterocycles. The molecule has 2 aromatic heterocycles. The van der Waals surface area contributed by atoms with Crippen LogP contribution in [-0.2, 0) is 23.2 Å². The number of hydrogen-bond acceptors (Lipinski definition) is 4. The molecule has 0 aliphatic carbocycles. The highest BCUT2D eigenvalue weighted by Crippen LogP contribution is 2.28. The molecule has 3 N–H and O–H groups in total. The molecule has 1 amide bonds. The Kier molecular flexibility index (Phi) is 6.74. The predicted molar refractivity (Wildman–Crippen MR) is 111 cm³/mol. The van der Waals surface area contributed by atoms with Crippen molar-refractivity contribution in [1.82, 2.24) is 15.3 Å². The van der Waals surface area contributed by atoms with Crippen molar-refractivity contribution >= 4 is 17.5 Å². The minimum Gasteiger partial charge on any atom is -0.368 e. The fourth-order valence-corrected chi connectivity index (χ4v) is 3.40. The average Bonchev–Trinajstić information content (AvgIpc) is 2.72. The van der Waals surface area contributed by atoms with Crippen LogP contribution in [0.3, 0.4) is 0 Å². The van der Waals surface area contributed by atoms with Gasteiger partial charge >= 0.3 is 0 Å². The van der Waals surface area contributed by atoms with Crippen molar-refractivity contribution in [2.75, 3.05) is 6.54 Å². The molecule has 28 heavy (non-hydrogen) atoms. The minimum absolute atomic E-state index is 0.409. The van der Waals surface area contributed by atoms with E-state index in [1.807, 2.05) is 42.6 Å². The lowest BCUT2D eigenvalue weighted by atomic mass is 9.83. The van der Waals surface area contributed by atoms with Gasteiger partial charge in [0, 0.05) is 36.4 Å². The van der Waals surface area contributed by atoms with Gasteiger partial charge in [0.25, 0.3) is 0 Å². The normalized spacial score (nSPS) is 13.0. The second-order valence-corrected chi connectivity index (χ2v) is 7.11. The van der Waals surface area contributed by atoms with E-state index in [1.54, 1.807) is 30.7 Å². The molecule has 1 aromatic carbocycles. The number of amides is 1. The summed E-state index contributed by atoms with van der Waals surface area (Å²) < 4.78 is 0. The summed E-state index contributed by atoms with van der Waals surface area (Å²) in [7, 11) is 0. The smallest absolute Gasteiger partial charge is 0.242 e. The van der Waals surface area contributed by atoms with Gasteiger partial charge in [0.2, 0.25) is 5.91 Å². The van der Waals surface area contributed by atoms with E-state index in [-0.39, 0.29) is 0 Å². The zero-order valence-electron chi connectivity index (χ0n) is 15.5. The highest BCUT2D eigenvalue weighted by atomic mass is 35.5. The van der Waals surface area contributed by atoms with Crippen molar-refractivity contribution in [2.45, 2.75) is 24.8 Å². The van der Waals surface area contributed by atoms with Crippen LogP contribution in [-0.4, -0.2) is 22.4 Å². The fraction of sp³-hybridized carbons (Fsp3) is 0.227. The Balaban J connectivity index is 1.83. The Labute approximate surface area is 170 Å². The highest BCUT2D eigenvalue weighted by molar-refractivity contribution is 6.30. The van der Waals surface area contributed by atoms with Crippen molar-refractivity contribution in [2.24, 2.45) is 5.73 Å². The molecule has 5 nitrogen and oxygen atoms in total. The highest BCUT2D eigenvalue weighted by Gasteiger charge is 2.37. The van der Waals surface area contributed by atoms with Gasteiger partial charge in [0.1, 0.15) is 5.54 Å². The maximum atomic E-state index is 12.7. The summed E-state index contributed by atoms with van der Waals surface area (Å²) in [6, 6.07) is 15.1. The first-order valence-electron chi connectivity index (χ1n) is 9.19. The van der Waals surface area contributed by atoms with E-state index in [4.69, 9.17) is 17.3 Å². The number of nitrogens with zero attached hydrogens (tertiary/aromatic N) is 2. The number of benzene rings is 1. The van der Waals surface area contributed by atoms with Crippen LogP contribution in [0.2, 0.25) is 5.02 Å². The molecule has 0 radical (unpaired) electrons. The van der Waals surface area contributed by atoms with Gasteiger partial charge in [-0.25, -0.2) is 0 Å². The molecule has 0 aliphatic heterocycles. The van der Waals surface area contributed by atoms with Crippen molar-refractivity contribution in [1.29, 1.82) is 0 Å². The van der Waals surface area contributed by atoms with E-state index >= 15 is 0 Å². The summed E-state index contributed by atoms with van der Waals surface area (Å²) >= 11 is 6.05. The van der Waals surface area contributed by atoms with Crippen LogP contribution in [0, 0.1) is 0 Å². The van der Waals surface area contributed by atoms with Crippen molar-refractivity contribution in [3.63, 3.8) is 0 Å². The topological polar surface area (TPSA) is 80.9 Å². The Hall–Kier alpha value is -2.76. The van der Waals surface area contributed by atoms with Crippen LogP contribution in [0.5, 0.6) is 0 Å². The summed E-state index contributed by atoms with van der Waals surface area (Å²) in [5.74, 6) is -0.409. The van der Waals surface area contributed by atoms with Crippen LogP contribution >= 0.6 is 11.6 Å². The first-order valence-corrected chi connectivity index (χ1v) is 9.57. The third kappa shape index (κ3) is 4.94. The maximum absolute atomic E-state index is 12.7. The van der Waals surface area contributed by atoms with E-state index < -0.39 is 11.4 Å². The molecular formula is C22H23ClN4O. The molecule has 0 saturated carbocycles. The van der Waals surface area contributed by atoms with Crippen LogP contribution in [0.4, 0.5) is 0 Å². The van der Waals surface area contributed by atoms with Crippen LogP contribution < -0.4 is 11.1 Å². The maximum Gasteiger partial charge on any atom is 0.242 e. The van der Waals surface area contributed by atoms with Gasteiger partial charge in [-0.05, 0) is 66.3 Å². The number of nitrogens with one attached hydrogen (secondary N) is 1. The second kappa shape index (κ2) is 9.44. The van der Waals surface area contributed by atoms with E-state index in [0.717, 1.165) is 23.1 Å². The number of pyridine rings is 2. The standard InChI is InChI=1S/C22H23ClN4O/c23-20-5-3-19(4-6-20)22(21(24)28,11-7-18-2-1-12-26-16-18)27-15-10-17-8-13-25-14-9-17/h1-6,8-9,12-14,16,27H,7,10-11,15H2,(H2,24,28). The van der Waals surface area contributed by atoms with E-state index in [2.05, 4.69) is 15.3 Å². The molecule has 0 aliphatic rings. The van der Waals surface area contributed by atoms with Crippen LogP contribution in [0.25, 0.3) is 0 Å². The lowest BCUT2D eigenvalue weighted by Crippen LogP contribution is -2.53. The van der Waals surface area contributed by atoms with Crippen LogP contribution in [0.15, 0.2) is 73.3 Å². The fourth-order valence-electron chi connectivity index (χ4n) is 3.27. The molecule has 0 spiro atoms. The molecule has 0 bridgehead atoms. The summed E-state index contributed by atoms with van der Waals surface area (Å²) in [5.41, 5.74) is 7.94. The average molecular weight is 395 g/mol. The van der Waals surface area contributed by atoms with Gasteiger partial charge in [-0.1, -0.05) is 29.8 Å². The van der Waals surface area contributed by atoms with E-state index in [9.17, 15) is 4.79 Å². The predicted octanol–water partition coefficient (Wildman–Crippen LogP) is 3.28. The number of rotatable bonds is 9. The number of aryl methyl sites for hydroxylation is 1.